The van der Waals surface area contributed by atoms with Crippen LogP contribution in [-0.4, -0.2) is 29.6 Å². The number of nitrogens with one attached hydrogen (secondary N) is 1. The predicted octanol–water partition coefficient (Wildman–Crippen LogP) is 3.77. The van der Waals surface area contributed by atoms with E-state index in [0.717, 1.165) is 19.1 Å². The van der Waals surface area contributed by atoms with Crippen molar-refractivity contribution < 1.29 is 0 Å². The molecule has 0 amide bonds. The highest BCUT2D eigenvalue weighted by molar-refractivity contribution is 5.20. The highest BCUT2D eigenvalue weighted by Gasteiger charge is 2.30. The van der Waals surface area contributed by atoms with Gasteiger partial charge in [-0.15, -0.1) is 6.58 Å². The van der Waals surface area contributed by atoms with Crippen molar-refractivity contribution in [1.82, 2.24) is 10.2 Å². The zero-order valence-corrected chi connectivity index (χ0v) is 13.1. The van der Waals surface area contributed by atoms with E-state index in [2.05, 4.69) is 67.9 Å². The summed E-state index contributed by atoms with van der Waals surface area (Å²) in [6, 6.07) is 12.0. The van der Waals surface area contributed by atoms with Crippen molar-refractivity contribution in [3.63, 3.8) is 0 Å². The smallest absolute Gasteiger partial charge is 0.0481 e. The second-order valence-corrected chi connectivity index (χ2v) is 6.72. The Balaban J connectivity index is 2.20. The molecule has 1 saturated carbocycles. The molecule has 110 valence electrons. The summed E-state index contributed by atoms with van der Waals surface area (Å²) >= 11 is 0. The van der Waals surface area contributed by atoms with Crippen molar-refractivity contribution in [1.29, 1.82) is 0 Å². The summed E-state index contributed by atoms with van der Waals surface area (Å²) < 4.78 is 0. The van der Waals surface area contributed by atoms with Crippen LogP contribution in [0.5, 0.6) is 0 Å². The largest absolute Gasteiger partial charge is 0.312 e. The lowest BCUT2D eigenvalue weighted by Crippen LogP contribution is -2.47. The fraction of sp³-hybridized carbons (Fsp3) is 0.556. The molecule has 1 fully saturated rings. The maximum absolute atomic E-state index is 3.94. The Labute approximate surface area is 123 Å². The molecule has 0 aliphatic heterocycles. The molecule has 1 aromatic rings. The third-order valence-corrected chi connectivity index (χ3v) is 3.93. The summed E-state index contributed by atoms with van der Waals surface area (Å²) in [5.41, 5.74) is 1.51. The van der Waals surface area contributed by atoms with E-state index in [1.807, 2.05) is 6.08 Å². The van der Waals surface area contributed by atoms with Crippen molar-refractivity contribution in [2.24, 2.45) is 0 Å². The van der Waals surface area contributed by atoms with Crippen molar-refractivity contribution in [2.45, 2.75) is 51.2 Å². The molecule has 1 aliphatic rings. The number of rotatable bonds is 7. The van der Waals surface area contributed by atoms with Crippen LogP contribution in [0.4, 0.5) is 0 Å². The average molecular weight is 272 g/mol. The Kier molecular flexibility index (Phi) is 5.00. The SMILES string of the molecule is C=CCN(C(CNC1CC1)c1ccccc1)C(C)(C)C. The second kappa shape index (κ2) is 6.55. The fourth-order valence-electron chi connectivity index (χ4n) is 2.66. The van der Waals surface area contributed by atoms with Gasteiger partial charge in [-0.1, -0.05) is 36.4 Å². The van der Waals surface area contributed by atoms with Gasteiger partial charge in [-0.2, -0.15) is 0 Å². The minimum Gasteiger partial charge on any atom is -0.312 e. The van der Waals surface area contributed by atoms with Gasteiger partial charge in [-0.05, 0) is 39.2 Å². The van der Waals surface area contributed by atoms with Gasteiger partial charge in [-0.25, -0.2) is 0 Å². The predicted molar refractivity (Wildman–Crippen MR) is 86.9 cm³/mol. The molecule has 2 heteroatoms. The van der Waals surface area contributed by atoms with Gasteiger partial charge in [0.2, 0.25) is 0 Å². The minimum atomic E-state index is 0.125. The van der Waals surface area contributed by atoms with Gasteiger partial charge in [0.05, 0.1) is 0 Å². The molecule has 1 atom stereocenters. The Hall–Kier alpha value is -1.12. The standard InChI is InChI=1S/C18H28N2/c1-5-13-20(18(2,3)4)17(14-19-16-11-12-16)15-9-7-6-8-10-15/h5-10,16-17,19H,1,11-14H2,2-4H3. The van der Waals surface area contributed by atoms with Crippen LogP contribution in [0.1, 0.15) is 45.2 Å². The molecule has 1 unspecified atom stereocenters. The highest BCUT2D eigenvalue weighted by atomic mass is 15.2. The van der Waals surface area contributed by atoms with Gasteiger partial charge in [-0.3, -0.25) is 4.90 Å². The molecule has 1 aromatic carbocycles. The van der Waals surface area contributed by atoms with Crippen LogP contribution in [-0.2, 0) is 0 Å². The van der Waals surface area contributed by atoms with Gasteiger partial charge >= 0.3 is 0 Å². The first-order chi connectivity index (χ1) is 9.52. The van der Waals surface area contributed by atoms with Crippen LogP contribution < -0.4 is 5.32 Å². The molecule has 0 bridgehead atoms. The normalized spacial score (nSPS) is 17.2. The quantitative estimate of drug-likeness (QED) is 0.760. The summed E-state index contributed by atoms with van der Waals surface area (Å²) in [5.74, 6) is 0. The molecule has 1 aliphatic carbocycles. The molecular weight excluding hydrogens is 244 g/mol. The maximum Gasteiger partial charge on any atom is 0.0481 e. The topological polar surface area (TPSA) is 15.3 Å². The molecular formula is C18H28N2. The average Bonchev–Trinajstić information content (AvgIpc) is 3.22. The molecule has 0 saturated heterocycles. The lowest BCUT2D eigenvalue weighted by atomic mass is 9.97. The van der Waals surface area contributed by atoms with E-state index < -0.39 is 0 Å². The first-order valence-corrected chi connectivity index (χ1v) is 7.68. The molecule has 0 spiro atoms. The summed E-state index contributed by atoms with van der Waals surface area (Å²) in [6.45, 7) is 12.7. The number of nitrogens with zero attached hydrogens (tertiary/aromatic N) is 1. The van der Waals surface area contributed by atoms with Gasteiger partial charge in [0.15, 0.2) is 0 Å². The molecule has 2 rings (SSSR count). The summed E-state index contributed by atoms with van der Waals surface area (Å²) in [5, 5.41) is 3.69. The summed E-state index contributed by atoms with van der Waals surface area (Å²) in [6.07, 6.45) is 4.68. The molecule has 20 heavy (non-hydrogen) atoms. The van der Waals surface area contributed by atoms with Crippen LogP contribution in [0.2, 0.25) is 0 Å². The third-order valence-electron chi connectivity index (χ3n) is 3.93. The zero-order chi connectivity index (χ0) is 14.6. The van der Waals surface area contributed by atoms with Crippen molar-refractivity contribution in [2.75, 3.05) is 13.1 Å². The zero-order valence-electron chi connectivity index (χ0n) is 13.1. The molecule has 0 heterocycles. The van der Waals surface area contributed by atoms with E-state index in [1.165, 1.54) is 18.4 Å². The van der Waals surface area contributed by atoms with Crippen molar-refractivity contribution in [3.8, 4) is 0 Å². The molecule has 2 nitrogen and oxygen atoms in total. The van der Waals surface area contributed by atoms with Gasteiger partial charge in [0.1, 0.15) is 0 Å². The Morgan fingerprint density at radius 2 is 1.95 bits per heavy atom. The lowest BCUT2D eigenvalue weighted by Gasteiger charge is -2.41. The van der Waals surface area contributed by atoms with E-state index in [1.54, 1.807) is 0 Å². The molecule has 0 radical (unpaired) electrons. The van der Waals surface area contributed by atoms with E-state index >= 15 is 0 Å². The van der Waals surface area contributed by atoms with E-state index in [-0.39, 0.29) is 5.54 Å². The van der Waals surface area contributed by atoms with E-state index in [9.17, 15) is 0 Å². The van der Waals surface area contributed by atoms with Gasteiger partial charge in [0.25, 0.3) is 0 Å². The van der Waals surface area contributed by atoms with Crippen LogP contribution in [0.3, 0.4) is 0 Å². The van der Waals surface area contributed by atoms with Gasteiger partial charge < -0.3 is 5.32 Å². The Morgan fingerprint density at radius 3 is 2.45 bits per heavy atom. The Morgan fingerprint density at radius 1 is 1.30 bits per heavy atom. The lowest BCUT2D eigenvalue weighted by molar-refractivity contribution is 0.0949. The second-order valence-electron chi connectivity index (χ2n) is 6.72. The maximum atomic E-state index is 3.94. The van der Waals surface area contributed by atoms with Crippen molar-refractivity contribution >= 4 is 0 Å². The number of hydrogen-bond donors (Lipinski definition) is 1. The highest BCUT2D eigenvalue weighted by Crippen LogP contribution is 2.29. The third kappa shape index (κ3) is 4.19. The van der Waals surface area contributed by atoms with Gasteiger partial charge in [0, 0.05) is 30.7 Å². The van der Waals surface area contributed by atoms with Crippen LogP contribution in [0.15, 0.2) is 43.0 Å². The van der Waals surface area contributed by atoms with Crippen LogP contribution in [0, 0.1) is 0 Å². The van der Waals surface area contributed by atoms with Crippen molar-refractivity contribution in [3.05, 3.63) is 48.6 Å². The molecule has 1 N–H and O–H groups in total. The first-order valence-electron chi connectivity index (χ1n) is 7.68. The monoisotopic (exact) mass is 272 g/mol. The fourth-order valence-corrected chi connectivity index (χ4v) is 2.66. The van der Waals surface area contributed by atoms with E-state index in [4.69, 9.17) is 0 Å². The van der Waals surface area contributed by atoms with E-state index in [0.29, 0.717) is 6.04 Å². The number of hydrogen-bond acceptors (Lipinski definition) is 2. The Bertz CT molecular complexity index is 415. The first kappa shape index (κ1) is 15.3. The summed E-state index contributed by atoms with van der Waals surface area (Å²) in [7, 11) is 0. The number of benzene rings is 1. The minimum absolute atomic E-state index is 0.125. The van der Waals surface area contributed by atoms with Crippen LogP contribution in [0.25, 0.3) is 0 Å². The summed E-state index contributed by atoms with van der Waals surface area (Å²) in [4.78, 5) is 2.53. The molecule has 0 aromatic heterocycles. The van der Waals surface area contributed by atoms with Crippen LogP contribution >= 0.6 is 0 Å².